The molecule has 1 nitrogen and oxygen atoms in total. The average molecular weight is 180 g/mol. The molecule has 0 atom stereocenters. The third-order valence-corrected chi connectivity index (χ3v) is 2.08. The van der Waals surface area contributed by atoms with Crippen LogP contribution in [-0.2, 0) is 6.18 Å². The molecule has 1 rings (SSSR count). The monoisotopic (exact) mass is 180 g/mol. The largest absolute Gasteiger partial charge is 0.425 e. The second kappa shape index (κ2) is 2.65. The number of thiophene rings is 1. The van der Waals surface area contributed by atoms with Gasteiger partial charge in [-0.1, -0.05) is 0 Å². The standard InChI is InChI=1S/C6H3F3OS/c7-6(8,9)5-2-1-4(3-10)11-5/h1-3H. The van der Waals surface area contributed by atoms with Crippen LogP contribution in [-0.4, -0.2) is 6.29 Å². The molecule has 0 radical (unpaired) electrons. The Kier molecular flexibility index (Phi) is 1.99. The zero-order chi connectivity index (χ0) is 8.48. The molecule has 0 unspecified atom stereocenters. The van der Waals surface area contributed by atoms with Crippen LogP contribution >= 0.6 is 11.3 Å². The Bertz CT molecular complexity index is 263. The summed E-state index contributed by atoms with van der Waals surface area (Å²) in [5.74, 6) is 0. The van der Waals surface area contributed by atoms with E-state index in [1.807, 2.05) is 0 Å². The first-order valence-corrected chi connectivity index (χ1v) is 3.48. The summed E-state index contributed by atoms with van der Waals surface area (Å²) in [4.78, 5) is 9.35. The van der Waals surface area contributed by atoms with Crippen molar-refractivity contribution in [1.29, 1.82) is 0 Å². The molecule has 0 saturated heterocycles. The Labute approximate surface area is 64.5 Å². The Morgan fingerprint density at radius 2 is 2.00 bits per heavy atom. The lowest BCUT2D eigenvalue weighted by atomic mass is 10.4. The van der Waals surface area contributed by atoms with Gasteiger partial charge in [-0.15, -0.1) is 11.3 Å². The van der Waals surface area contributed by atoms with E-state index in [4.69, 9.17) is 0 Å². The van der Waals surface area contributed by atoms with Crippen molar-refractivity contribution < 1.29 is 18.0 Å². The fraction of sp³-hybridized carbons (Fsp3) is 0.167. The van der Waals surface area contributed by atoms with E-state index in [1.165, 1.54) is 0 Å². The summed E-state index contributed by atoms with van der Waals surface area (Å²) in [5, 5.41) is 0. The normalized spacial score (nSPS) is 11.5. The molecule has 11 heavy (non-hydrogen) atoms. The highest BCUT2D eigenvalue weighted by Crippen LogP contribution is 2.33. The first-order valence-electron chi connectivity index (χ1n) is 2.66. The van der Waals surface area contributed by atoms with Gasteiger partial charge in [0.2, 0.25) is 0 Å². The summed E-state index contributed by atoms with van der Waals surface area (Å²) < 4.78 is 35.5. The third-order valence-electron chi connectivity index (χ3n) is 1.02. The maximum atomic E-state index is 11.8. The number of alkyl halides is 3. The highest BCUT2D eigenvalue weighted by Gasteiger charge is 2.32. The van der Waals surface area contributed by atoms with Crippen LogP contribution in [0.25, 0.3) is 0 Å². The Morgan fingerprint density at radius 3 is 2.27 bits per heavy atom. The van der Waals surface area contributed by atoms with Crippen molar-refractivity contribution in [3.8, 4) is 0 Å². The maximum absolute atomic E-state index is 11.8. The third kappa shape index (κ3) is 1.80. The molecule has 0 amide bonds. The molecular formula is C6H3F3OS. The van der Waals surface area contributed by atoms with Gasteiger partial charge in [-0.25, -0.2) is 0 Å². The minimum atomic E-state index is -4.33. The lowest BCUT2D eigenvalue weighted by molar-refractivity contribution is -0.134. The second-order valence-corrected chi connectivity index (χ2v) is 2.93. The molecule has 0 aromatic carbocycles. The Hall–Kier alpha value is -0.840. The Balaban J connectivity index is 2.98. The van der Waals surface area contributed by atoms with E-state index in [-0.39, 0.29) is 4.88 Å². The van der Waals surface area contributed by atoms with Crippen molar-refractivity contribution in [3.63, 3.8) is 0 Å². The predicted molar refractivity (Wildman–Crippen MR) is 34.7 cm³/mol. The minimum Gasteiger partial charge on any atom is -0.297 e. The number of hydrogen-bond acceptors (Lipinski definition) is 2. The second-order valence-electron chi connectivity index (χ2n) is 1.82. The van der Waals surface area contributed by atoms with E-state index in [1.54, 1.807) is 0 Å². The van der Waals surface area contributed by atoms with Crippen LogP contribution in [0.1, 0.15) is 14.5 Å². The molecule has 60 valence electrons. The van der Waals surface area contributed by atoms with Gasteiger partial charge >= 0.3 is 6.18 Å². The highest BCUT2D eigenvalue weighted by atomic mass is 32.1. The van der Waals surface area contributed by atoms with E-state index in [0.717, 1.165) is 12.1 Å². The smallest absolute Gasteiger partial charge is 0.297 e. The average Bonchev–Trinajstić information content (AvgIpc) is 2.32. The van der Waals surface area contributed by atoms with Crippen LogP contribution in [0, 0.1) is 0 Å². The summed E-state index contributed by atoms with van der Waals surface area (Å²) >= 11 is 0.447. The van der Waals surface area contributed by atoms with Gasteiger partial charge in [0.15, 0.2) is 6.29 Å². The predicted octanol–water partition coefficient (Wildman–Crippen LogP) is 2.58. The summed E-state index contributed by atoms with van der Waals surface area (Å²) in [5.41, 5.74) is 0. The van der Waals surface area contributed by atoms with Gasteiger partial charge < -0.3 is 0 Å². The molecule has 0 aliphatic heterocycles. The number of hydrogen-bond donors (Lipinski definition) is 0. The molecule has 0 aliphatic carbocycles. The van der Waals surface area contributed by atoms with Crippen LogP contribution in [0.3, 0.4) is 0 Å². The molecule has 1 aromatic heterocycles. The molecule has 0 aliphatic rings. The zero-order valence-corrected chi connectivity index (χ0v) is 6.00. The summed E-state index contributed by atoms with van der Waals surface area (Å²) in [6, 6.07) is 2.05. The van der Waals surface area contributed by atoms with Crippen molar-refractivity contribution >= 4 is 17.6 Å². The summed E-state index contributed by atoms with van der Waals surface area (Å²) in [7, 11) is 0. The quantitative estimate of drug-likeness (QED) is 0.607. The van der Waals surface area contributed by atoms with Crippen molar-refractivity contribution in [2.24, 2.45) is 0 Å². The van der Waals surface area contributed by atoms with Crippen LogP contribution < -0.4 is 0 Å². The van der Waals surface area contributed by atoms with E-state index >= 15 is 0 Å². The Morgan fingerprint density at radius 1 is 1.36 bits per heavy atom. The minimum absolute atomic E-state index is 0.0947. The maximum Gasteiger partial charge on any atom is 0.425 e. The molecule has 0 saturated carbocycles. The fourth-order valence-electron chi connectivity index (χ4n) is 0.569. The molecule has 1 aromatic rings. The topological polar surface area (TPSA) is 17.1 Å². The number of aldehydes is 1. The molecule has 0 spiro atoms. The van der Waals surface area contributed by atoms with Crippen molar-refractivity contribution in [2.75, 3.05) is 0 Å². The van der Waals surface area contributed by atoms with Crippen LogP contribution in [0.2, 0.25) is 0 Å². The summed E-state index contributed by atoms with van der Waals surface area (Å²) in [6.07, 6.45) is -3.92. The van der Waals surface area contributed by atoms with Gasteiger partial charge in [0.05, 0.1) is 4.88 Å². The molecule has 1 heterocycles. The van der Waals surface area contributed by atoms with Crippen molar-refractivity contribution in [1.82, 2.24) is 0 Å². The lowest BCUT2D eigenvalue weighted by Crippen LogP contribution is -2.00. The van der Waals surface area contributed by atoms with Crippen molar-refractivity contribution in [3.05, 3.63) is 21.9 Å². The van der Waals surface area contributed by atoms with Gasteiger partial charge in [0, 0.05) is 0 Å². The van der Waals surface area contributed by atoms with E-state index in [0.29, 0.717) is 17.6 Å². The number of rotatable bonds is 1. The molecule has 5 heteroatoms. The van der Waals surface area contributed by atoms with Gasteiger partial charge in [-0.2, -0.15) is 13.2 Å². The molecule has 0 bridgehead atoms. The molecule has 0 N–H and O–H groups in total. The number of carbonyl (C=O) groups excluding carboxylic acids is 1. The zero-order valence-electron chi connectivity index (χ0n) is 5.18. The molecule has 0 fully saturated rings. The van der Waals surface area contributed by atoms with Crippen LogP contribution in [0.15, 0.2) is 12.1 Å². The lowest BCUT2D eigenvalue weighted by Gasteiger charge is -1.99. The molecular weight excluding hydrogens is 177 g/mol. The van der Waals surface area contributed by atoms with Crippen LogP contribution in [0.5, 0.6) is 0 Å². The summed E-state index contributed by atoms with van der Waals surface area (Å²) in [6.45, 7) is 0. The van der Waals surface area contributed by atoms with Gasteiger partial charge in [0.25, 0.3) is 0 Å². The highest BCUT2D eigenvalue weighted by molar-refractivity contribution is 7.13. The van der Waals surface area contributed by atoms with Crippen molar-refractivity contribution in [2.45, 2.75) is 6.18 Å². The first-order chi connectivity index (χ1) is 5.04. The SMILES string of the molecule is O=Cc1ccc(C(F)(F)F)s1. The van der Waals surface area contributed by atoms with Gasteiger partial charge in [-0.05, 0) is 12.1 Å². The van der Waals surface area contributed by atoms with E-state index in [9.17, 15) is 18.0 Å². The first kappa shape index (κ1) is 8.26. The fourth-order valence-corrected chi connectivity index (χ4v) is 1.26. The van der Waals surface area contributed by atoms with E-state index < -0.39 is 11.1 Å². The van der Waals surface area contributed by atoms with Crippen LogP contribution in [0.4, 0.5) is 13.2 Å². The number of carbonyl (C=O) groups is 1. The van der Waals surface area contributed by atoms with Gasteiger partial charge in [0.1, 0.15) is 4.88 Å². The number of halogens is 3. The van der Waals surface area contributed by atoms with E-state index in [2.05, 4.69) is 0 Å². The van der Waals surface area contributed by atoms with Gasteiger partial charge in [-0.3, -0.25) is 4.79 Å².